The van der Waals surface area contributed by atoms with Gasteiger partial charge in [0.2, 0.25) is 0 Å². The van der Waals surface area contributed by atoms with Crippen LogP contribution in [-0.2, 0) is 14.3 Å². The fraction of sp³-hybridized carbons (Fsp3) is 0.500. The fourth-order valence-electron chi connectivity index (χ4n) is 3.30. The number of Topliss-reactive ketones (excluding diaryl/α,β-unsaturated/α-hetero) is 1. The van der Waals surface area contributed by atoms with E-state index >= 15 is 0 Å². The number of hydrogen-bond donors (Lipinski definition) is 0. The Morgan fingerprint density at radius 2 is 1.95 bits per heavy atom. The largest absolute Gasteiger partial charge is 0.465 e. The van der Waals surface area contributed by atoms with E-state index in [4.69, 9.17) is 4.74 Å². The van der Waals surface area contributed by atoms with Crippen LogP contribution in [0.5, 0.6) is 0 Å². The topological polar surface area (TPSA) is 55.7 Å². The molecule has 1 aromatic rings. The first-order valence-electron chi connectivity index (χ1n) is 7.68. The van der Waals surface area contributed by atoms with Crippen molar-refractivity contribution in [1.82, 2.24) is 0 Å². The number of aliphatic imine (C=N–C) groups is 1. The number of ketones is 1. The number of nitrogens with zero attached hydrogens (tertiary/aromatic N) is 1. The molecule has 0 saturated carbocycles. The third kappa shape index (κ3) is 2.27. The summed E-state index contributed by atoms with van der Waals surface area (Å²) >= 11 is 0. The Labute approximate surface area is 130 Å². The van der Waals surface area contributed by atoms with Gasteiger partial charge in [0, 0.05) is 18.3 Å². The van der Waals surface area contributed by atoms with Crippen molar-refractivity contribution in [3.8, 4) is 0 Å². The summed E-state index contributed by atoms with van der Waals surface area (Å²) in [6.45, 7) is 6.06. The van der Waals surface area contributed by atoms with Crippen LogP contribution in [0.15, 0.2) is 35.3 Å². The standard InChI is InChI=1S/C18H21NO3/c1-17(2,3)15(20)13-11-18(9-10-22-16(18)21)14(19-13)12-7-5-4-6-8-12/h4-8,14H,9-11H2,1-3H3/t14-,18-/m1/s1. The highest BCUT2D eigenvalue weighted by Crippen LogP contribution is 2.52. The van der Waals surface area contributed by atoms with Crippen LogP contribution >= 0.6 is 0 Å². The van der Waals surface area contributed by atoms with Crippen molar-refractivity contribution in [2.45, 2.75) is 39.7 Å². The van der Waals surface area contributed by atoms with Gasteiger partial charge in [-0.2, -0.15) is 0 Å². The first-order chi connectivity index (χ1) is 10.3. The molecule has 1 aromatic carbocycles. The molecule has 4 heteroatoms. The van der Waals surface area contributed by atoms with Crippen molar-refractivity contribution in [3.05, 3.63) is 35.9 Å². The van der Waals surface area contributed by atoms with Crippen molar-refractivity contribution in [2.75, 3.05) is 6.61 Å². The summed E-state index contributed by atoms with van der Waals surface area (Å²) in [7, 11) is 0. The molecule has 4 nitrogen and oxygen atoms in total. The quantitative estimate of drug-likeness (QED) is 0.788. The minimum absolute atomic E-state index is 0.0185. The molecule has 2 heterocycles. The van der Waals surface area contributed by atoms with Crippen LogP contribution in [0.3, 0.4) is 0 Å². The molecule has 116 valence electrons. The van der Waals surface area contributed by atoms with Gasteiger partial charge in [-0.3, -0.25) is 14.6 Å². The number of esters is 1. The molecule has 0 radical (unpaired) electrons. The van der Waals surface area contributed by atoms with Crippen LogP contribution in [0, 0.1) is 10.8 Å². The molecule has 3 rings (SSSR count). The third-order valence-corrected chi connectivity index (χ3v) is 4.54. The summed E-state index contributed by atoms with van der Waals surface area (Å²) in [4.78, 5) is 29.7. The Bertz CT molecular complexity index is 642. The summed E-state index contributed by atoms with van der Waals surface area (Å²) in [6, 6.07) is 9.41. The Morgan fingerprint density at radius 3 is 2.50 bits per heavy atom. The highest BCUT2D eigenvalue weighted by atomic mass is 16.5. The zero-order valence-corrected chi connectivity index (χ0v) is 13.3. The van der Waals surface area contributed by atoms with Gasteiger partial charge in [0.25, 0.3) is 0 Å². The van der Waals surface area contributed by atoms with Crippen molar-refractivity contribution in [2.24, 2.45) is 15.8 Å². The van der Waals surface area contributed by atoms with Crippen molar-refractivity contribution < 1.29 is 14.3 Å². The van der Waals surface area contributed by atoms with E-state index in [9.17, 15) is 9.59 Å². The average molecular weight is 299 g/mol. The van der Waals surface area contributed by atoms with Crippen molar-refractivity contribution >= 4 is 17.5 Å². The molecule has 0 N–H and O–H groups in total. The predicted molar refractivity (Wildman–Crippen MR) is 83.7 cm³/mol. The Balaban J connectivity index is 2.04. The van der Waals surface area contributed by atoms with E-state index in [1.54, 1.807) is 0 Å². The number of benzene rings is 1. The van der Waals surface area contributed by atoms with E-state index in [1.807, 2.05) is 51.1 Å². The smallest absolute Gasteiger partial charge is 0.315 e. The van der Waals surface area contributed by atoms with Gasteiger partial charge in [-0.1, -0.05) is 51.1 Å². The zero-order chi connectivity index (χ0) is 16.0. The molecule has 2 atom stereocenters. The second-order valence-electron chi connectivity index (χ2n) is 7.19. The van der Waals surface area contributed by atoms with E-state index in [-0.39, 0.29) is 17.8 Å². The van der Waals surface area contributed by atoms with Crippen molar-refractivity contribution in [1.29, 1.82) is 0 Å². The number of cyclic esters (lactones) is 1. The van der Waals surface area contributed by atoms with Gasteiger partial charge in [-0.15, -0.1) is 0 Å². The number of hydrogen-bond acceptors (Lipinski definition) is 4. The van der Waals surface area contributed by atoms with E-state index in [1.165, 1.54) is 0 Å². The number of ether oxygens (including phenoxy) is 1. The molecule has 0 aromatic heterocycles. The fourth-order valence-corrected chi connectivity index (χ4v) is 3.30. The minimum atomic E-state index is -0.697. The van der Waals surface area contributed by atoms with Gasteiger partial charge in [0.1, 0.15) is 5.41 Å². The first-order valence-corrected chi connectivity index (χ1v) is 7.68. The average Bonchev–Trinajstić information content (AvgIpc) is 3.04. The van der Waals surface area contributed by atoms with Gasteiger partial charge < -0.3 is 4.74 Å². The Morgan fingerprint density at radius 1 is 1.27 bits per heavy atom. The monoisotopic (exact) mass is 299 g/mol. The lowest BCUT2D eigenvalue weighted by Gasteiger charge is -2.25. The van der Waals surface area contributed by atoms with E-state index < -0.39 is 10.8 Å². The zero-order valence-electron chi connectivity index (χ0n) is 13.3. The molecule has 0 bridgehead atoms. The Kier molecular flexibility index (Phi) is 3.42. The molecule has 1 fully saturated rings. The van der Waals surface area contributed by atoms with Crippen LogP contribution in [-0.4, -0.2) is 24.1 Å². The van der Waals surface area contributed by atoms with Gasteiger partial charge >= 0.3 is 5.97 Å². The van der Waals surface area contributed by atoms with E-state index in [2.05, 4.69) is 4.99 Å². The maximum atomic E-state index is 12.6. The molecule has 0 amide bonds. The van der Waals surface area contributed by atoms with E-state index in [0.29, 0.717) is 25.2 Å². The maximum absolute atomic E-state index is 12.6. The van der Waals surface area contributed by atoms with Crippen LogP contribution in [0.4, 0.5) is 0 Å². The van der Waals surface area contributed by atoms with Crippen molar-refractivity contribution in [3.63, 3.8) is 0 Å². The highest BCUT2D eigenvalue weighted by Gasteiger charge is 2.56. The second kappa shape index (κ2) is 5.04. The van der Waals surface area contributed by atoms with Crippen LogP contribution in [0.2, 0.25) is 0 Å². The molecular weight excluding hydrogens is 278 g/mol. The molecule has 0 unspecified atom stereocenters. The van der Waals surface area contributed by atoms with Crippen LogP contribution in [0.1, 0.15) is 45.2 Å². The summed E-state index contributed by atoms with van der Waals surface area (Å²) in [5.41, 5.74) is 0.310. The molecule has 22 heavy (non-hydrogen) atoms. The number of carbonyl (C=O) groups is 2. The normalized spacial score (nSPS) is 27.9. The highest BCUT2D eigenvalue weighted by molar-refractivity contribution is 6.42. The summed E-state index contributed by atoms with van der Waals surface area (Å²) < 4.78 is 5.23. The lowest BCUT2D eigenvalue weighted by Crippen LogP contribution is -2.33. The molecule has 2 aliphatic heterocycles. The van der Waals surface area contributed by atoms with Gasteiger partial charge in [0.05, 0.1) is 18.4 Å². The van der Waals surface area contributed by atoms with Gasteiger partial charge in [-0.05, 0) is 5.56 Å². The molecule has 2 aliphatic rings. The summed E-state index contributed by atoms with van der Waals surface area (Å²) in [5, 5.41) is 0. The molecular formula is C18H21NO3. The number of carbonyl (C=O) groups excluding carboxylic acids is 2. The summed E-state index contributed by atoms with van der Waals surface area (Å²) in [5.74, 6) is -0.202. The van der Waals surface area contributed by atoms with Crippen LogP contribution in [0.25, 0.3) is 0 Å². The Hall–Kier alpha value is -1.97. The second-order valence-corrected chi connectivity index (χ2v) is 7.19. The molecule has 0 aliphatic carbocycles. The SMILES string of the molecule is CC(C)(C)C(=O)C1=N[C@H](c2ccccc2)[C@@]2(CCOC2=O)C1. The third-order valence-electron chi connectivity index (χ3n) is 4.54. The van der Waals surface area contributed by atoms with Gasteiger partial charge in [0.15, 0.2) is 5.78 Å². The van der Waals surface area contributed by atoms with E-state index in [0.717, 1.165) is 5.56 Å². The molecule has 1 saturated heterocycles. The van der Waals surface area contributed by atoms with Crippen LogP contribution < -0.4 is 0 Å². The first kappa shape index (κ1) is 14.9. The lowest BCUT2D eigenvalue weighted by molar-refractivity contribution is -0.146. The maximum Gasteiger partial charge on any atom is 0.315 e. The molecule has 1 spiro atoms. The predicted octanol–water partition coefficient (Wildman–Crippen LogP) is 3.12. The lowest BCUT2D eigenvalue weighted by atomic mass is 9.73. The number of rotatable bonds is 2. The van der Waals surface area contributed by atoms with Gasteiger partial charge in [-0.25, -0.2) is 0 Å². The minimum Gasteiger partial charge on any atom is -0.465 e. The summed E-state index contributed by atoms with van der Waals surface area (Å²) in [6.07, 6.45) is 1.01.